The summed E-state index contributed by atoms with van der Waals surface area (Å²) >= 11 is 6.01. The predicted molar refractivity (Wildman–Crippen MR) is 92.7 cm³/mol. The third-order valence-corrected chi connectivity index (χ3v) is 3.70. The molecule has 0 atom stereocenters. The van der Waals surface area contributed by atoms with Crippen LogP contribution >= 0.6 is 11.6 Å². The first-order chi connectivity index (χ1) is 11.5. The summed E-state index contributed by atoms with van der Waals surface area (Å²) in [6.45, 7) is 1.66. The summed E-state index contributed by atoms with van der Waals surface area (Å²) in [5, 5.41) is 3.37. The van der Waals surface area contributed by atoms with Gasteiger partial charge in [-0.05, 0) is 36.9 Å². The average molecular weight is 351 g/mol. The number of likely N-dealkylation sites (N-methyl/N-ethyl adjacent to an activating group) is 1. The minimum absolute atomic E-state index is 0.0976. The van der Waals surface area contributed by atoms with Gasteiger partial charge in [0.2, 0.25) is 5.91 Å². The number of amides is 1. The Morgan fingerprint density at radius 3 is 2.62 bits per heavy atom. The van der Waals surface area contributed by atoms with E-state index in [0.717, 1.165) is 5.56 Å². The standard InChI is InChI=1S/C18H20ClFN2O2/c1-22(10-11-24-17-5-3-2-4-16(17)19)13-18(23)21-12-14-6-8-15(20)9-7-14/h2-9H,10-13H2,1H3,(H,21,23). The number of hydrogen-bond donors (Lipinski definition) is 1. The lowest BCUT2D eigenvalue weighted by atomic mass is 10.2. The molecule has 24 heavy (non-hydrogen) atoms. The summed E-state index contributed by atoms with van der Waals surface area (Å²) in [5.74, 6) is 0.247. The number of ether oxygens (including phenoxy) is 1. The average Bonchev–Trinajstić information content (AvgIpc) is 2.56. The Balaban J connectivity index is 1.66. The molecule has 2 rings (SSSR count). The van der Waals surface area contributed by atoms with E-state index >= 15 is 0 Å². The summed E-state index contributed by atoms with van der Waals surface area (Å²) in [5.41, 5.74) is 0.856. The van der Waals surface area contributed by atoms with Gasteiger partial charge in [-0.2, -0.15) is 0 Å². The largest absolute Gasteiger partial charge is 0.491 e. The first-order valence-corrected chi connectivity index (χ1v) is 7.99. The van der Waals surface area contributed by atoms with Crippen LogP contribution in [0, 0.1) is 5.82 Å². The van der Waals surface area contributed by atoms with Crippen LogP contribution in [0.15, 0.2) is 48.5 Å². The van der Waals surface area contributed by atoms with Crippen molar-refractivity contribution in [2.45, 2.75) is 6.54 Å². The number of para-hydroxylation sites is 1. The van der Waals surface area contributed by atoms with Gasteiger partial charge in [-0.15, -0.1) is 0 Å². The number of carbonyl (C=O) groups excluding carboxylic acids is 1. The molecule has 0 heterocycles. The molecule has 0 aliphatic heterocycles. The van der Waals surface area contributed by atoms with Gasteiger partial charge >= 0.3 is 0 Å². The van der Waals surface area contributed by atoms with Crippen molar-refractivity contribution in [2.75, 3.05) is 26.7 Å². The van der Waals surface area contributed by atoms with E-state index < -0.39 is 0 Å². The summed E-state index contributed by atoms with van der Waals surface area (Å²) in [4.78, 5) is 13.8. The molecule has 4 nitrogen and oxygen atoms in total. The molecular weight excluding hydrogens is 331 g/mol. The van der Waals surface area contributed by atoms with E-state index in [9.17, 15) is 9.18 Å². The molecular formula is C18H20ClFN2O2. The van der Waals surface area contributed by atoms with E-state index in [0.29, 0.717) is 30.5 Å². The number of halogens is 2. The number of benzene rings is 2. The highest BCUT2D eigenvalue weighted by molar-refractivity contribution is 6.32. The van der Waals surface area contributed by atoms with E-state index in [1.54, 1.807) is 24.3 Å². The molecule has 0 aliphatic rings. The van der Waals surface area contributed by atoms with E-state index in [2.05, 4.69) is 5.32 Å². The molecule has 0 aliphatic carbocycles. The molecule has 0 spiro atoms. The van der Waals surface area contributed by atoms with Crippen molar-refractivity contribution in [3.63, 3.8) is 0 Å². The fraction of sp³-hybridized carbons (Fsp3) is 0.278. The molecule has 128 valence electrons. The van der Waals surface area contributed by atoms with Crippen LogP contribution in [0.3, 0.4) is 0 Å². The van der Waals surface area contributed by atoms with Crippen LogP contribution < -0.4 is 10.1 Å². The highest BCUT2D eigenvalue weighted by atomic mass is 35.5. The first-order valence-electron chi connectivity index (χ1n) is 7.61. The van der Waals surface area contributed by atoms with Crippen molar-refractivity contribution < 1.29 is 13.9 Å². The van der Waals surface area contributed by atoms with E-state index in [1.807, 2.05) is 24.1 Å². The maximum Gasteiger partial charge on any atom is 0.234 e. The summed E-state index contributed by atoms with van der Waals surface area (Å²) in [6, 6.07) is 13.3. The molecule has 2 aromatic carbocycles. The molecule has 0 aromatic heterocycles. The van der Waals surface area contributed by atoms with Crippen molar-refractivity contribution in [3.8, 4) is 5.75 Å². The zero-order chi connectivity index (χ0) is 17.4. The molecule has 6 heteroatoms. The van der Waals surface area contributed by atoms with Gasteiger partial charge < -0.3 is 10.1 Å². The van der Waals surface area contributed by atoms with Crippen LogP contribution in [-0.2, 0) is 11.3 Å². The normalized spacial score (nSPS) is 10.7. The molecule has 0 saturated carbocycles. The van der Waals surface area contributed by atoms with Gasteiger partial charge in [0.05, 0.1) is 11.6 Å². The molecule has 0 radical (unpaired) electrons. The second kappa shape index (κ2) is 9.25. The van der Waals surface area contributed by atoms with Crippen LogP contribution in [0.5, 0.6) is 5.75 Å². The summed E-state index contributed by atoms with van der Waals surface area (Å²) in [6.07, 6.45) is 0. The van der Waals surface area contributed by atoms with Gasteiger partial charge in [-0.3, -0.25) is 9.69 Å². The third-order valence-electron chi connectivity index (χ3n) is 3.38. The number of nitrogens with one attached hydrogen (secondary N) is 1. The molecule has 1 amide bonds. The van der Waals surface area contributed by atoms with Crippen molar-refractivity contribution in [1.29, 1.82) is 0 Å². The molecule has 0 saturated heterocycles. The second-order valence-corrected chi connectivity index (χ2v) is 5.83. The Bertz CT molecular complexity index is 664. The highest BCUT2D eigenvalue weighted by Gasteiger charge is 2.07. The van der Waals surface area contributed by atoms with Crippen molar-refractivity contribution in [1.82, 2.24) is 10.2 Å². The highest BCUT2D eigenvalue weighted by Crippen LogP contribution is 2.22. The Morgan fingerprint density at radius 1 is 1.21 bits per heavy atom. The van der Waals surface area contributed by atoms with Crippen LogP contribution in [0.2, 0.25) is 5.02 Å². The van der Waals surface area contributed by atoms with E-state index in [1.165, 1.54) is 12.1 Å². The first kappa shape index (κ1) is 18.2. The fourth-order valence-electron chi connectivity index (χ4n) is 2.06. The Morgan fingerprint density at radius 2 is 1.92 bits per heavy atom. The maximum atomic E-state index is 12.8. The molecule has 0 bridgehead atoms. The fourth-order valence-corrected chi connectivity index (χ4v) is 2.25. The third kappa shape index (κ3) is 6.18. The van der Waals surface area contributed by atoms with Crippen LogP contribution in [0.4, 0.5) is 4.39 Å². The quantitative estimate of drug-likeness (QED) is 0.795. The van der Waals surface area contributed by atoms with Crippen molar-refractivity contribution >= 4 is 17.5 Å². The van der Waals surface area contributed by atoms with Gasteiger partial charge in [0.15, 0.2) is 0 Å². The monoisotopic (exact) mass is 350 g/mol. The van der Waals surface area contributed by atoms with Crippen molar-refractivity contribution in [2.24, 2.45) is 0 Å². The smallest absolute Gasteiger partial charge is 0.234 e. The summed E-state index contributed by atoms with van der Waals surface area (Å²) < 4.78 is 18.4. The minimum Gasteiger partial charge on any atom is -0.491 e. The number of nitrogens with zero attached hydrogens (tertiary/aromatic N) is 1. The molecule has 0 fully saturated rings. The Hall–Kier alpha value is -2.11. The second-order valence-electron chi connectivity index (χ2n) is 5.42. The van der Waals surface area contributed by atoms with Crippen molar-refractivity contribution in [3.05, 3.63) is 64.9 Å². The maximum absolute atomic E-state index is 12.8. The lowest BCUT2D eigenvalue weighted by molar-refractivity contribution is -0.122. The molecule has 0 unspecified atom stereocenters. The Labute approximate surface area is 146 Å². The zero-order valence-corrected chi connectivity index (χ0v) is 14.2. The molecule has 1 N–H and O–H groups in total. The Kier molecular flexibility index (Phi) is 7.03. The van der Waals surface area contributed by atoms with Gasteiger partial charge in [0.1, 0.15) is 18.2 Å². The van der Waals surface area contributed by atoms with E-state index in [4.69, 9.17) is 16.3 Å². The van der Waals surface area contributed by atoms with Crippen LogP contribution in [-0.4, -0.2) is 37.6 Å². The van der Waals surface area contributed by atoms with Gasteiger partial charge in [-0.25, -0.2) is 4.39 Å². The number of rotatable bonds is 8. The van der Waals surface area contributed by atoms with E-state index in [-0.39, 0.29) is 18.3 Å². The van der Waals surface area contributed by atoms with Crippen LogP contribution in [0.25, 0.3) is 0 Å². The van der Waals surface area contributed by atoms with Gasteiger partial charge in [0.25, 0.3) is 0 Å². The minimum atomic E-state index is -0.289. The number of carbonyl (C=O) groups is 1. The summed E-state index contributed by atoms with van der Waals surface area (Å²) in [7, 11) is 1.84. The lowest BCUT2D eigenvalue weighted by Gasteiger charge is -2.17. The molecule has 2 aromatic rings. The topological polar surface area (TPSA) is 41.6 Å². The predicted octanol–water partition coefficient (Wildman–Crippen LogP) is 3.11. The van der Waals surface area contributed by atoms with Gasteiger partial charge in [0, 0.05) is 13.1 Å². The number of hydrogen-bond acceptors (Lipinski definition) is 3. The SMILES string of the molecule is CN(CCOc1ccccc1Cl)CC(=O)NCc1ccc(F)cc1. The lowest BCUT2D eigenvalue weighted by Crippen LogP contribution is -2.36. The van der Waals surface area contributed by atoms with Crippen LogP contribution in [0.1, 0.15) is 5.56 Å². The zero-order valence-electron chi connectivity index (χ0n) is 13.5. The van der Waals surface area contributed by atoms with Gasteiger partial charge in [-0.1, -0.05) is 35.9 Å².